The van der Waals surface area contributed by atoms with Crippen molar-refractivity contribution in [2.24, 2.45) is 5.92 Å². The summed E-state index contributed by atoms with van der Waals surface area (Å²) in [6.45, 7) is 7.31. The topological polar surface area (TPSA) is 81.7 Å². The van der Waals surface area contributed by atoms with Crippen molar-refractivity contribution in [3.63, 3.8) is 0 Å². The molecule has 0 aromatic heterocycles. The van der Waals surface area contributed by atoms with Crippen molar-refractivity contribution >= 4 is 16.0 Å². The smallest absolute Gasteiger partial charge is 0.324 e. The summed E-state index contributed by atoms with van der Waals surface area (Å²) < 4.78 is 39.4. The van der Waals surface area contributed by atoms with Gasteiger partial charge in [0.15, 0.2) is 0 Å². The molecule has 30 heavy (non-hydrogen) atoms. The van der Waals surface area contributed by atoms with Gasteiger partial charge in [0.1, 0.15) is 18.4 Å². The highest BCUT2D eigenvalue weighted by Gasteiger charge is 2.31. The van der Waals surface area contributed by atoms with Crippen molar-refractivity contribution in [1.29, 1.82) is 0 Å². The number of hydrogen-bond acceptors (Lipinski definition) is 5. The number of hydrogen-bond donors (Lipinski definition) is 1. The monoisotopic (exact) mass is 431 g/mol. The number of nitrogens with one attached hydrogen (secondary N) is 1. The second kappa shape index (κ2) is 10.9. The Hall–Kier alpha value is -2.64. The molecule has 162 valence electrons. The maximum atomic E-state index is 13.1. The molecule has 1 N–H and O–H groups in total. The largest absolute Gasteiger partial charge is 0.497 e. The Morgan fingerprint density at radius 1 is 1.17 bits per heavy atom. The summed E-state index contributed by atoms with van der Waals surface area (Å²) in [7, 11) is -2.43. The summed E-state index contributed by atoms with van der Waals surface area (Å²) >= 11 is 0. The van der Waals surface area contributed by atoms with E-state index in [0.717, 1.165) is 5.56 Å². The normalized spacial score (nSPS) is 12.4. The Kier molecular flexibility index (Phi) is 8.62. The van der Waals surface area contributed by atoms with Gasteiger partial charge in [0.25, 0.3) is 0 Å². The summed E-state index contributed by atoms with van der Waals surface area (Å²) in [5.41, 5.74) is 1.43. The predicted octanol–water partition coefficient (Wildman–Crippen LogP) is 3.86. The van der Waals surface area contributed by atoms with Crippen LogP contribution in [0.15, 0.2) is 66.1 Å². The lowest BCUT2D eigenvalue weighted by Gasteiger charge is -2.22. The van der Waals surface area contributed by atoms with Crippen LogP contribution < -0.4 is 9.46 Å². The van der Waals surface area contributed by atoms with Crippen molar-refractivity contribution in [1.82, 2.24) is 4.72 Å². The van der Waals surface area contributed by atoms with Gasteiger partial charge < -0.3 is 9.47 Å². The van der Waals surface area contributed by atoms with Crippen LogP contribution in [0.3, 0.4) is 0 Å². The minimum absolute atomic E-state index is 0.0811. The van der Waals surface area contributed by atoms with Crippen LogP contribution in [0.25, 0.3) is 0 Å². The van der Waals surface area contributed by atoms with E-state index in [1.807, 2.05) is 30.3 Å². The first-order valence-corrected chi connectivity index (χ1v) is 11.3. The third kappa shape index (κ3) is 6.43. The van der Waals surface area contributed by atoms with Crippen molar-refractivity contribution in [2.45, 2.75) is 44.2 Å². The lowest BCUT2D eigenvalue weighted by Crippen LogP contribution is -2.45. The fraction of sp³-hybridized carbons (Fsp3) is 0.348. The molecule has 0 aliphatic heterocycles. The van der Waals surface area contributed by atoms with Crippen LogP contribution in [-0.2, 0) is 32.6 Å². The van der Waals surface area contributed by atoms with E-state index in [9.17, 15) is 13.2 Å². The lowest BCUT2D eigenvalue weighted by atomic mass is 10.1. The van der Waals surface area contributed by atoms with E-state index in [2.05, 4.69) is 11.3 Å². The Labute approximate surface area is 179 Å². The molecule has 0 saturated carbocycles. The van der Waals surface area contributed by atoms with Crippen molar-refractivity contribution < 1.29 is 22.7 Å². The number of esters is 1. The molecule has 0 bridgehead atoms. The van der Waals surface area contributed by atoms with Gasteiger partial charge in [-0.05, 0) is 48.1 Å². The van der Waals surface area contributed by atoms with E-state index in [0.29, 0.717) is 24.2 Å². The molecule has 0 spiro atoms. The highest BCUT2D eigenvalue weighted by Crippen LogP contribution is 2.24. The minimum atomic E-state index is -3.96. The standard InChI is InChI=1S/C23H29NO5S/c1-5-6-12-19-15-20(28-4)13-14-21(19)30(26,27)24-22(17(2)3)23(25)29-16-18-10-8-7-9-11-18/h5,7-11,13-15,17,22,24H,1,6,12,16H2,2-4H3/t22-/m1/s1. The van der Waals surface area contributed by atoms with E-state index in [4.69, 9.17) is 9.47 Å². The maximum Gasteiger partial charge on any atom is 0.324 e. The fourth-order valence-corrected chi connectivity index (χ4v) is 4.49. The highest BCUT2D eigenvalue weighted by molar-refractivity contribution is 7.89. The molecule has 6 nitrogen and oxygen atoms in total. The lowest BCUT2D eigenvalue weighted by molar-refractivity contribution is -0.148. The van der Waals surface area contributed by atoms with Gasteiger partial charge in [0.05, 0.1) is 12.0 Å². The number of methoxy groups -OCH3 is 1. The molecule has 0 aliphatic carbocycles. The molecule has 0 aliphatic rings. The van der Waals surface area contributed by atoms with Gasteiger partial charge >= 0.3 is 5.97 Å². The maximum absolute atomic E-state index is 13.1. The van der Waals surface area contributed by atoms with E-state index in [-0.39, 0.29) is 17.4 Å². The van der Waals surface area contributed by atoms with Gasteiger partial charge in [0, 0.05) is 0 Å². The summed E-state index contributed by atoms with van der Waals surface area (Å²) in [5.74, 6) is -0.341. The van der Waals surface area contributed by atoms with Crippen LogP contribution >= 0.6 is 0 Å². The highest BCUT2D eigenvalue weighted by atomic mass is 32.2. The number of carbonyl (C=O) groups excluding carboxylic acids is 1. The van der Waals surface area contributed by atoms with Crippen LogP contribution in [0.4, 0.5) is 0 Å². The number of allylic oxidation sites excluding steroid dienone is 1. The Bertz CT molecular complexity index is 955. The third-order valence-electron chi connectivity index (χ3n) is 4.60. The Morgan fingerprint density at radius 3 is 2.47 bits per heavy atom. The first kappa shape index (κ1) is 23.6. The quantitative estimate of drug-likeness (QED) is 0.432. The summed E-state index contributed by atoms with van der Waals surface area (Å²) in [4.78, 5) is 12.8. The second-order valence-electron chi connectivity index (χ2n) is 7.24. The number of sulfonamides is 1. The van der Waals surface area contributed by atoms with E-state index < -0.39 is 22.0 Å². The SMILES string of the molecule is C=CCCc1cc(OC)ccc1S(=O)(=O)N[C@@H](C(=O)OCc1ccccc1)C(C)C. The summed E-state index contributed by atoms with van der Waals surface area (Å²) in [6.07, 6.45) is 2.82. The second-order valence-corrected chi connectivity index (χ2v) is 8.92. The van der Waals surface area contributed by atoms with Crippen LogP contribution in [-0.4, -0.2) is 27.5 Å². The Balaban J connectivity index is 2.22. The third-order valence-corrected chi connectivity index (χ3v) is 6.14. The number of rotatable bonds is 11. The van der Waals surface area contributed by atoms with Gasteiger partial charge in [0.2, 0.25) is 10.0 Å². The zero-order chi connectivity index (χ0) is 22.1. The molecule has 7 heteroatoms. The summed E-state index contributed by atoms with van der Waals surface area (Å²) in [6, 6.07) is 13.0. The molecule has 1 atom stereocenters. The molecule has 2 aromatic carbocycles. The molecule has 0 heterocycles. The van der Waals surface area contributed by atoms with Crippen LogP contribution in [0.5, 0.6) is 5.75 Å². The zero-order valence-electron chi connectivity index (χ0n) is 17.6. The fourth-order valence-electron chi connectivity index (χ4n) is 2.90. The first-order chi connectivity index (χ1) is 14.3. The predicted molar refractivity (Wildman–Crippen MR) is 117 cm³/mol. The average molecular weight is 432 g/mol. The molecule has 0 fully saturated rings. The van der Waals surface area contributed by atoms with Gasteiger partial charge in [-0.15, -0.1) is 6.58 Å². The number of ether oxygens (including phenoxy) is 2. The zero-order valence-corrected chi connectivity index (χ0v) is 18.4. The summed E-state index contributed by atoms with van der Waals surface area (Å²) in [5, 5.41) is 0. The van der Waals surface area contributed by atoms with Crippen LogP contribution in [0.2, 0.25) is 0 Å². The molecule has 2 rings (SSSR count). The average Bonchev–Trinajstić information content (AvgIpc) is 2.74. The molecule has 2 aromatic rings. The number of carbonyl (C=O) groups is 1. The van der Waals surface area contributed by atoms with Crippen LogP contribution in [0.1, 0.15) is 31.4 Å². The van der Waals surface area contributed by atoms with Gasteiger partial charge in [-0.2, -0.15) is 4.72 Å². The van der Waals surface area contributed by atoms with Crippen molar-refractivity contribution in [2.75, 3.05) is 7.11 Å². The number of aryl methyl sites for hydroxylation is 1. The Morgan fingerprint density at radius 2 is 1.87 bits per heavy atom. The molecule has 0 saturated heterocycles. The van der Waals surface area contributed by atoms with Crippen LogP contribution in [0, 0.1) is 5.92 Å². The molecule has 0 radical (unpaired) electrons. The van der Waals surface area contributed by atoms with E-state index in [1.54, 1.807) is 32.1 Å². The first-order valence-electron chi connectivity index (χ1n) is 9.79. The molecule has 0 unspecified atom stereocenters. The van der Waals surface area contributed by atoms with Gasteiger partial charge in [-0.25, -0.2) is 8.42 Å². The van der Waals surface area contributed by atoms with Gasteiger partial charge in [-0.3, -0.25) is 4.79 Å². The molecular weight excluding hydrogens is 402 g/mol. The number of benzene rings is 2. The molecule has 0 amide bonds. The van der Waals surface area contributed by atoms with Gasteiger partial charge in [-0.1, -0.05) is 50.3 Å². The molecular formula is C23H29NO5S. The van der Waals surface area contributed by atoms with Crippen molar-refractivity contribution in [3.05, 3.63) is 72.3 Å². The van der Waals surface area contributed by atoms with E-state index in [1.165, 1.54) is 13.2 Å². The minimum Gasteiger partial charge on any atom is -0.497 e. The van der Waals surface area contributed by atoms with Crippen molar-refractivity contribution in [3.8, 4) is 5.75 Å². The van der Waals surface area contributed by atoms with E-state index >= 15 is 0 Å².